The number of hydrogen-bond acceptors (Lipinski definition) is 1. The lowest BCUT2D eigenvalue weighted by atomic mass is 10.3. The molecule has 120 valence electrons. The van der Waals surface area contributed by atoms with E-state index in [-0.39, 0.29) is 0 Å². The Bertz CT molecular complexity index is 813. The van der Waals surface area contributed by atoms with Crippen LogP contribution in [0.1, 0.15) is 0 Å². The van der Waals surface area contributed by atoms with E-state index in [1.165, 1.54) is 0 Å². The zero-order chi connectivity index (χ0) is 16.8. The standard InChI is InChI=1S/C19H15Br2N3/c20-14-6-10-17(11-7-14)23-19(22-16-4-2-1-3-5-16)24-18-12-8-15(21)9-13-18/h1-13H,(H2,22,23,24). The highest BCUT2D eigenvalue weighted by molar-refractivity contribution is 9.10. The van der Waals surface area contributed by atoms with E-state index in [1.807, 2.05) is 78.9 Å². The number of nitrogens with zero attached hydrogens (tertiary/aromatic N) is 1. The molecule has 3 nitrogen and oxygen atoms in total. The monoisotopic (exact) mass is 443 g/mol. The van der Waals surface area contributed by atoms with Gasteiger partial charge in [-0.1, -0.05) is 50.1 Å². The average molecular weight is 445 g/mol. The number of nitrogens with one attached hydrogen (secondary N) is 2. The molecule has 3 aromatic carbocycles. The summed E-state index contributed by atoms with van der Waals surface area (Å²) in [6.07, 6.45) is 0. The number of halogens is 2. The predicted octanol–water partition coefficient (Wildman–Crippen LogP) is 6.42. The van der Waals surface area contributed by atoms with Gasteiger partial charge in [0, 0.05) is 20.3 Å². The van der Waals surface area contributed by atoms with Crippen LogP contribution in [0.3, 0.4) is 0 Å². The molecule has 0 bridgehead atoms. The third-order valence-electron chi connectivity index (χ3n) is 3.21. The highest BCUT2D eigenvalue weighted by Crippen LogP contribution is 2.19. The summed E-state index contributed by atoms with van der Waals surface area (Å²) in [5.74, 6) is 0.658. The molecule has 3 aromatic rings. The molecule has 2 N–H and O–H groups in total. The maximum absolute atomic E-state index is 4.67. The molecular weight excluding hydrogens is 430 g/mol. The Morgan fingerprint density at radius 1 is 0.625 bits per heavy atom. The van der Waals surface area contributed by atoms with Crippen molar-refractivity contribution in [1.29, 1.82) is 0 Å². The lowest BCUT2D eigenvalue weighted by Gasteiger charge is -2.13. The number of anilines is 2. The van der Waals surface area contributed by atoms with Crippen LogP contribution in [-0.4, -0.2) is 5.96 Å². The molecule has 0 radical (unpaired) electrons. The van der Waals surface area contributed by atoms with E-state index in [0.29, 0.717) is 5.96 Å². The fourth-order valence-electron chi connectivity index (χ4n) is 2.06. The van der Waals surface area contributed by atoms with Gasteiger partial charge in [-0.3, -0.25) is 0 Å². The van der Waals surface area contributed by atoms with Gasteiger partial charge in [-0.2, -0.15) is 0 Å². The largest absolute Gasteiger partial charge is 0.326 e. The Morgan fingerprint density at radius 3 is 1.71 bits per heavy atom. The van der Waals surface area contributed by atoms with Crippen molar-refractivity contribution in [2.75, 3.05) is 10.6 Å². The van der Waals surface area contributed by atoms with Gasteiger partial charge in [0.15, 0.2) is 0 Å². The van der Waals surface area contributed by atoms with Crippen LogP contribution >= 0.6 is 31.9 Å². The van der Waals surface area contributed by atoms with Gasteiger partial charge in [-0.05, 0) is 60.7 Å². The molecule has 0 aromatic heterocycles. The molecule has 3 rings (SSSR count). The third-order valence-corrected chi connectivity index (χ3v) is 4.27. The van der Waals surface area contributed by atoms with Crippen molar-refractivity contribution in [2.24, 2.45) is 4.99 Å². The van der Waals surface area contributed by atoms with Crippen molar-refractivity contribution in [3.05, 3.63) is 87.8 Å². The van der Waals surface area contributed by atoms with Crippen molar-refractivity contribution < 1.29 is 0 Å². The fraction of sp³-hybridized carbons (Fsp3) is 0. The van der Waals surface area contributed by atoms with Gasteiger partial charge in [0.2, 0.25) is 5.96 Å². The zero-order valence-electron chi connectivity index (χ0n) is 12.7. The number of rotatable bonds is 3. The van der Waals surface area contributed by atoms with Crippen LogP contribution in [0.25, 0.3) is 0 Å². The minimum Gasteiger partial charge on any atom is -0.326 e. The number of hydrogen-bond donors (Lipinski definition) is 2. The summed E-state index contributed by atoms with van der Waals surface area (Å²) in [4.78, 5) is 4.67. The van der Waals surface area contributed by atoms with E-state index < -0.39 is 0 Å². The van der Waals surface area contributed by atoms with Gasteiger partial charge < -0.3 is 10.6 Å². The van der Waals surface area contributed by atoms with Crippen LogP contribution < -0.4 is 10.6 Å². The second-order valence-corrected chi connectivity index (χ2v) is 6.89. The summed E-state index contributed by atoms with van der Waals surface area (Å²) >= 11 is 6.89. The van der Waals surface area contributed by atoms with E-state index >= 15 is 0 Å². The van der Waals surface area contributed by atoms with E-state index in [4.69, 9.17) is 0 Å². The van der Waals surface area contributed by atoms with Crippen molar-refractivity contribution in [2.45, 2.75) is 0 Å². The third kappa shape index (κ3) is 4.94. The summed E-state index contributed by atoms with van der Waals surface area (Å²) in [7, 11) is 0. The fourth-order valence-corrected chi connectivity index (χ4v) is 2.59. The highest BCUT2D eigenvalue weighted by atomic mass is 79.9. The van der Waals surface area contributed by atoms with Crippen molar-refractivity contribution in [1.82, 2.24) is 0 Å². The lowest BCUT2D eigenvalue weighted by Crippen LogP contribution is -2.21. The topological polar surface area (TPSA) is 36.4 Å². The number of aliphatic imine (C=N–C) groups is 1. The van der Waals surface area contributed by atoms with Crippen molar-refractivity contribution in [3.8, 4) is 0 Å². The van der Waals surface area contributed by atoms with E-state index in [1.54, 1.807) is 0 Å². The molecule has 24 heavy (non-hydrogen) atoms. The second-order valence-electron chi connectivity index (χ2n) is 5.06. The minimum absolute atomic E-state index is 0.658. The molecule has 0 fully saturated rings. The lowest BCUT2D eigenvalue weighted by molar-refractivity contribution is 1.45. The van der Waals surface area contributed by atoms with Gasteiger partial charge in [-0.15, -0.1) is 0 Å². The highest BCUT2D eigenvalue weighted by Gasteiger charge is 2.02. The zero-order valence-corrected chi connectivity index (χ0v) is 15.9. The first kappa shape index (κ1) is 16.7. The van der Waals surface area contributed by atoms with Gasteiger partial charge in [0.1, 0.15) is 0 Å². The summed E-state index contributed by atoms with van der Waals surface area (Å²) in [5, 5.41) is 6.64. The molecule has 0 aliphatic rings. The molecule has 0 heterocycles. The van der Waals surface area contributed by atoms with Crippen LogP contribution in [0.15, 0.2) is 92.8 Å². The second kappa shape index (κ2) is 8.13. The first-order chi connectivity index (χ1) is 11.7. The minimum atomic E-state index is 0.658. The maximum atomic E-state index is 4.67. The van der Waals surface area contributed by atoms with Crippen LogP contribution in [0.4, 0.5) is 17.1 Å². The molecule has 0 spiro atoms. The first-order valence-electron chi connectivity index (χ1n) is 7.38. The van der Waals surface area contributed by atoms with Gasteiger partial charge in [-0.25, -0.2) is 4.99 Å². The van der Waals surface area contributed by atoms with Crippen molar-refractivity contribution in [3.63, 3.8) is 0 Å². The smallest absolute Gasteiger partial charge is 0.205 e. The van der Waals surface area contributed by atoms with E-state index in [0.717, 1.165) is 26.0 Å². The van der Waals surface area contributed by atoms with Gasteiger partial charge in [0.25, 0.3) is 0 Å². The summed E-state index contributed by atoms with van der Waals surface area (Å²) in [6.45, 7) is 0. The Balaban J connectivity index is 1.87. The normalized spacial score (nSPS) is 11.2. The Hall–Kier alpha value is -2.11. The molecule has 0 atom stereocenters. The summed E-state index contributed by atoms with van der Waals surface area (Å²) < 4.78 is 2.07. The number of guanidine groups is 1. The molecule has 0 unspecified atom stereocenters. The van der Waals surface area contributed by atoms with Crippen LogP contribution in [0, 0.1) is 0 Å². The molecule has 5 heteroatoms. The molecule has 0 saturated carbocycles. The Morgan fingerprint density at radius 2 is 1.12 bits per heavy atom. The summed E-state index contributed by atoms with van der Waals surface area (Å²) in [5.41, 5.74) is 2.79. The van der Waals surface area contributed by atoms with Crippen LogP contribution in [0.5, 0.6) is 0 Å². The maximum Gasteiger partial charge on any atom is 0.205 e. The van der Waals surface area contributed by atoms with Gasteiger partial charge in [0.05, 0.1) is 5.69 Å². The molecule has 0 aliphatic heterocycles. The number of benzene rings is 3. The molecule has 0 amide bonds. The molecule has 0 saturated heterocycles. The molecule has 0 aliphatic carbocycles. The SMILES string of the molecule is Brc1ccc(N=C(Nc2ccccc2)Nc2ccc(Br)cc2)cc1. The first-order valence-corrected chi connectivity index (χ1v) is 8.96. The quantitative estimate of drug-likeness (QED) is 0.361. The Labute approximate surface area is 158 Å². The average Bonchev–Trinajstić information content (AvgIpc) is 2.60. The van der Waals surface area contributed by atoms with Crippen LogP contribution in [-0.2, 0) is 0 Å². The van der Waals surface area contributed by atoms with Crippen LogP contribution in [0.2, 0.25) is 0 Å². The number of para-hydroxylation sites is 1. The Kier molecular flexibility index (Phi) is 5.67. The van der Waals surface area contributed by atoms with E-state index in [9.17, 15) is 0 Å². The van der Waals surface area contributed by atoms with E-state index in [2.05, 4.69) is 47.5 Å². The molecular formula is C19H15Br2N3. The van der Waals surface area contributed by atoms with Gasteiger partial charge >= 0.3 is 0 Å². The van der Waals surface area contributed by atoms with Crippen molar-refractivity contribution >= 4 is 54.9 Å². The predicted molar refractivity (Wildman–Crippen MR) is 109 cm³/mol. The summed E-state index contributed by atoms with van der Waals surface area (Å²) in [6, 6.07) is 25.8.